The minimum absolute atomic E-state index is 0.130. The van der Waals surface area contributed by atoms with E-state index >= 15 is 0 Å². The van der Waals surface area contributed by atoms with E-state index in [9.17, 15) is 9.59 Å². The monoisotopic (exact) mass is 320 g/mol. The number of carboxylic acid groups (broad SMARTS) is 1. The molecule has 126 valence electrons. The van der Waals surface area contributed by atoms with Gasteiger partial charge < -0.3 is 15.2 Å². The predicted molar refractivity (Wildman–Crippen MR) is 85.8 cm³/mol. The molecule has 0 aromatic heterocycles. The van der Waals surface area contributed by atoms with Crippen LogP contribution in [0.2, 0.25) is 0 Å². The van der Waals surface area contributed by atoms with Crippen LogP contribution in [0.1, 0.15) is 30.9 Å². The number of nitrogens with zero attached hydrogens (tertiary/aromatic N) is 1. The van der Waals surface area contributed by atoms with Crippen molar-refractivity contribution in [2.75, 3.05) is 19.7 Å². The van der Waals surface area contributed by atoms with E-state index in [1.165, 1.54) is 0 Å². The largest absolute Gasteiger partial charge is 0.480 e. The lowest BCUT2D eigenvalue weighted by molar-refractivity contribution is -0.142. The number of aliphatic carboxylic acids is 1. The highest BCUT2D eigenvalue weighted by Gasteiger charge is 2.31. The lowest BCUT2D eigenvalue weighted by Gasteiger charge is -2.20. The SMILES string of the molecule is CCOCc1ccccc1CNC(=O)CN1CCC[C@@H]1C(=O)O. The lowest BCUT2D eigenvalue weighted by Crippen LogP contribution is -2.42. The number of carboxylic acids is 1. The first-order valence-corrected chi connectivity index (χ1v) is 8.00. The molecule has 2 N–H and O–H groups in total. The van der Waals surface area contributed by atoms with E-state index in [1.54, 1.807) is 4.90 Å². The Morgan fingerprint density at radius 3 is 2.78 bits per heavy atom. The van der Waals surface area contributed by atoms with E-state index < -0.39 is 12.0 Å². The lowest BCUT2D eigenvalue weighted by atomic mass is 10.1. The van der Waals surface area contributed by atoms with Crippen molar-refractivity contribution in [3.63, 3.8) is 0 Å². The van der Waals surface area contributed by atoms with Crippen molar-refractivity contribution in [3.8, 4) is 0 Å². The van der Waals surface area contributed by atoms with Gasteiger partial charge in [-0.1, -0.05) is 24.3 Å². The van der Waals surface area contributed by atoms with Gasteiger partial charge in [0.05, 0.1) is 13.2 Å². The van der Waals surface area contributed by atoms with Crippen molar-refractivity contribution in [3.05, 3.63) is 35.4 Å². The number of hydrogen-bond donors (Lipinski definition) is 2. The molecule has 1 aromatic rings. The fourth-order valence-corrected chi connectivity index (χ4v) is 2.81. The van der Waals surface area contributed by atoms with Gasteiger partial charge in [0.2, 0.25) is 5.91 Å². The summed E-state index contributed by atoms with van der Waals surface area (Å²) >= 11 is 0. The molecule has 0 unspecified atom stereocenters. The van der Waals surface area contributed by atoms with Gasteiger partial charge in [-0.2, -0.15) is 0 Å². The minimum Gasteiger partial charge on any atom is -0.480 e. The molecule has 0 radical (unpaired) electrons. The number of amides is 1. The van der Waals surface area contributed by atoms with E-state index in [2.05, 4.69) is 5.32 Å². The number of carbonyl (C=O) groups excluding carboxylic acids is 1. The van der Waals surface area contributed by atoms with Crippen molar-refractivity contribution < 1.29 is 19.4 Å². The average Bonchev–Trinajstić information content (AvgIpc) is 3.00. The first-order chi connectivity index (χ1) is 11.1. The molecule has 6 heteroatoms. The smallest absolute Gasteiger partial charge is 0.320 e. The third-order valence-electron chi connectivity index (χ3n) is 4.05. The Bertz CT molecular complexity index is 547. The minimum atomic E-state index is -0.850. The Morgan fingerprint density at radius 1 is 1.35 bits per heavy atom. The van der Waals surface area contributed by atoms with Crippen molar-refractivity contribution in [2.24, 2.45) is 0 Å². The number of carbonyl (C=O) groups is 2. The second kappa shape index (κ2) is 8.64. The Kier molecular flexibility index (Phi) is 6.55. The van der Waals surface area contributed by atoms with Crippen LogP contribution in [-0.4, -0.2) is 47.6 Å². The molecule has 0 saturated carbocycles. The molecule has 1 aliphatic heterocycles. The zero-order chi connectivity index (χ0) is 16.7. The van der Waals surface area contributed by atoms with Crippen molar-refractivity contribution in [1.29, 1.82) is 0 Å². The van der Waals surface area contributed by atoms with Gasteiger partial charge in [-0.15, -0.1) is 0 Å². The van der Waals surface area contributed by atoms with Crippen LogP contribution >= 0.6 is 0 Å². The molecule has 0 bridgehead atoms. The van der Waals surface area contributed by atoms with Crippen LogP contribution in [0.5, 0.6) is 0 Å². The Balaban J connectivity index is 1.86. The maximum atomic E-state index is 12.1. The van der Waals surface area contributed by atoms with Gasteiger partial charge in [0.25, 0.3) is 0 Å². The topological polar surface area (TPSA) is 78.9 Å². The Hall–Kier alpha value is -1.92. The summed E-state index contributed by atoms with van der Waals surface area (Å²) in [6.07, 6.45) is 1.43. The number of hydrogen-bond acceptors (Lipinski definition) is 4. The van der Waals surface area contributed by atoms with Gasteiger partial charge in [0.15, 0.2) is 0 Å². The molecule has 0 aliphatic carbocycles. The third-order valence-corrected chi connectivity index (χ3v) is 4.05. The fourth-order valence-electron chi connectivity index (χ4n) is 2.81. The van der Waals surface area contributed by atoms with Crippen molar-refractivity contribution in [2.45, 2.75) is 39.0 Å². The van der Waals surface area contributed by atoms with Crippen LogP contribution in [0, 0.1) is 0 Å². The van der Waals surface area contributed by atoms with Gasteiger partial charge in [-0.05, 0) is 37.4 Å². The second-order valence-corrected chi connectivity index (χ2v) is 5.65. The Morgan fingerprint density at radius 2 is 2.09 bits per heavy atom. The van der Waals surface area contributed by atoms with E-state index in [4.69, 9.17) is 9.84 Å². The molecule has 1 fully saturated rings. The average molecular weight is 320 g/mol. The third kappa shape index (κ3) is 5.04. The zero-order valence-corrected chi connectivity index (χ0v) is 13.5. The molecule has 23 heavy (non-hydrogen) atoms. The normalized spacial score (nSPS) is 18.0. The molecule has 2 rings (SSSR count). The number of rotatable bonds is 8. The van der Waals surface area contributed by atoms with Gasteiger partial charge in [-0.25, -0.2) is 0 Å². The van der Waals surface area contributed by atoms with E-state index in [0.717, 1.165) is 17.5 Å². The zero-order valence-electron chi connectivity index (χ0n) is 13.5. The molecule has 1 heterocycles. The summed E-state index contributed by atoms with van der Waals surface area (Å²) in [5.41, 5.74) is 2.07. The summed E-state index contributed by atoms with van der Waals surface area (Å²) in [7, 11) is 0. The molecule has 0 spiro atoms. The Labute approximate surface area is 136 Å². The van der Waals surface area contributed by atoms with Gasteiger partial charge in [0, 0.05) is 13.2 Å². The molecule has 6 nitrogen and oxygen atoms in total. The summed E-state index contributed by atoms with van der Waals surface area (Å²) in [6.45, 7) is 4.32. The molecular formula is C17H24N2O4. The quantitative estimate of drug-likeness (QED) is 0.757. The molecule has 1 aromatic carbocycles. The summed E-state index contributed by atoms with van der Waals surface area (Å²) in [5.74, 6) is -0.998. The highest BCUT2D eigenvalue weighted by Crippen LogP contribution is 2.16. The number of likely N-dealkylation sites (tertiary alicyclic amines) is 1. The molecule has 1 amide bonds. The van der Waals surface area contributed by atoms with E-state index in [1.807, 2.05) is 31.2 Å². The standard InChI is InChI=1S/C17H24N2O4/c1-2-23-12-14-7-4-3-6-13(14)10-18-16(20)11-19-9-5-8-15(19)17(21)22/h3-4,6-7,15H,2,5,8-12H2,1H3,(H,18,20)(H,21,22)/t15-/m1/s1. The predicted octanol–water partition coefficient (Wildman–Crippen LogP) is 1.39. The van der Waals surface area contributed by atoms with Crippen molar-refractivity contribution >= 4 is 11.9 Å². The van der Waals surface area contributed by atoms with Gasteiger partial charge in [-0.3, -0.25) is 14.5 Å². The first kappa shape index (κ1) is 17.4. The molecule has 1 aliphatic rings. The van der Waals surface area contributed by atoms with E-state index in [-0.39, 0.29) is 12.5 Å². The molecular weight excluding hydrogens is 296 g/mol. The van der Waals surface area contributed by atoms with E-state index in [0.29, 0.717) is 32.7 Å². The number of ether oxygens (including phenoxy) is 1. The van der Waals surface area contributed by atoms with Gasteiger partial charge >= 0.3 is 5.97 Å². The maximum absolute atomic E-state index is 12.1. The van der Waals surface area contributed by atoms with Crippen LogP contribution in [-0.2, 0) is 27.5 Å². The van der Waals surface area contributed by atoms with Crippen LogP contribution in [0.4, 0.5) is 0 Å². The molecule has 1 atom stereocenters. The summed E-state index contributed by atoms with van der Waals surface area (Å²) in [5, 5.41) is 12.0. The van der Waals surface area contributed by atoms with Crippen molar-refractivity contribution in [1.82, 2.24) is 10.2 Å². The van der Waals surface area contributed by atoms with Crippen LogP contribution in [0.15, 0.2) is 24.3 Å². The second-order valence-electron chi connectivity index (χ2n) is 5.65. The van der Waals surface area contributed by atoms with Crippen LogP contribution < -0.4 is 5.32 Å². The summed E-state index contributed by atoms with van der Waals surface area (Å²) in [6, 6.07) is 7.29. The van der Waals surface area contributed by atoms with Gasteiger partial charge in [0.1, 0.15) is 6.04 Å². The summed E-state index contributed by atoms with van der Waals surface area (Å²) < 4.78 is 5.43. The van der Waals surface area contributed by atoms with Crippen LogP contribution in [0.25, 0.3) is 0 Å². The maximum Gasteiger partial charge on any atom is 0.320 e. The number of nitrogens with one attached hydrogen (secondary N) is 1. The first-order valence-electron chi connectivity index (χ1n) is 8.00. The highest BCUT2D eigenvalue weighted by atomic mass is 16.5. The summed E-state index contributed by atoms with van der Waals surface area (Å²) in [4.78, 5) is 24.9. The fraction of sp³-hybridized carbons (Fsp3) is 0.529. The number of benzene rings is 1. The molecule has 1 saturated heterocycles. The van der Waals surface area contributed by atoms with Crippen LogP contribution in [0.3, 0.4) is 0 Å². The highest BCUT2D eigenvalue weighted by molar-refractivity contribution is 5.80.